The van der Waals surface area contributed by atoms with Crippen LogP contribution in [0.5, 0.6) is 0 Å². The lowest BCUT2D eigenvalue weighted by atomic mass is 10.1. The molecule has 1 nitrogen and oxygen atoms in total. The summed E-state index contributed by atoms with van der Waals surface area (Å²) in [4.78, 5) is 4.90. The predicted octanol–water partition coefficient (Wildman–Crippen LogP) is 6.33. The minimum absolute atomic E-state index is 0.191. The lowest BCUT2D eigenvalue weighted by Crippen LogP contribution is -1.98. The van der Waals surface area contributed by atoms with Crippen molar-refractivity contribution in [3.63, 3.8) is 0 Å². The Labute approximate surface area is 145 Å². The van der Waals surface area contributed by atoms with Crippen LogP contribution in [0, 0.1) is 0 Å². The van der Waals surface area contributed by atoms with Gasteiger partial charge in [-0.2, -0.15) is 0 Å². The molecule has 0 radical (unpaired) electrons. The maximum absolute atomic E-state index is 6.16. The van der Waals surface area contributed by atoms with E-state index in [0.29, 0.717) is 0 Å². The van der Waals surface area contributed by atoms with Crippen LogP contribution in [0.1, 0.15) is 16.1 Å². The molecule has 1 unspecified atom stereocenters. The van der Waals surface area contributed by atoms with Gasteiger partial charge < -0.3 is 0 Å². The van der Waals surface area contributed by atoms with Crippen LogP contribution in [0.25, 0.3) is 10.9 Å². The second-order valence-corrected chi connectivity index (χ2v) is 7.21. The van der Waals surface area contributed by atoms with Crippen molar-refractivity contribution in [1.29, 1.82) is 0 Å². The first-order valence-corrected chi connectivity index (χ1v) is 8.66. The molecule has 0 aliphatic heterocycles. The Hall–Kier alpha value is -0.900. The molecular formula is C17H12Br2ClN. The molecule has 1 aromatic heterocycles. The van der Waals surface area contributed by atoms with Crippen molar-refractivity contribution < 1.29 is 0 Å². The van der Waals surface area contributed by atoms with E-state index in [2.05, 4.69) is 56.1 Å². The summed E-state index contributed by atoms with van der Waals surface area (Å²) in [5.74, 6) is 0. The molecule has 106 valence electrons. The van der Waals surface area contributed by atoms with Crippen LogP contribution in [0.4, 0.5) is 0 Å². The van der Waals surface area contributed by atoms with Crippen LogP contribution in [-0.4, -0.2) is 4.98 Å². The molecule has 0 saturated heterocycles. The number of rotatable bonds is 3. The molecule has 3 aromatic rings. The fourth-order valence-corrected chi connectivity index (χ4v) is 3.28. The van der Waals surface area contributed by atoms with Gasteiger partial charge in [-0.15, -0.1) is 0 Å². The van der Waals surface area contributed by atoms with Gasteiger partial charge in [0.25, 0.3) is 0 Å². The van der Waals surface area contributed by atoms with Gasteiger partial charge in [0.2, 0.25) is 0 Å². The third kappa shape index (κ3) is 3.47. The molecule has 0 aliphatic carbocycles. The normalized spacial score (nSPS) is 12.5. The molecule has 2 aromatic carbocycles. The Bertz CT molecular complexity index is 789. The zero-order valence-corrected chi connectivity index (χ0v) is 15.0. The topological polar surface area (TPSA) is 12.9 Å². The van der Waals surface area contributed by atoms with Gasteiger partial charge in [-0.3, -0.25) is 4.98 Å². The molecule has 0 amide bonds. The van der Waals surface area contributed by atoms with Gasteiger partial charge in [-0.25, -0.2) is 0 Å². The first-order valence-electron chi connectivity index (χ1n) is 6.57. The maximum atomic E-state index is 6.16. The Morgan fingerprint density at radius 2 is 1.86 bits per heavy atom. The van der Waals surface area contributed by atoms with Gasteiger partial charge in [0, 0.05) is 26.8 Å². The first-order chi connectivity index (χ1) is 10.1. The number of benzene rings is 2. The van der Waals surface area contributed by atoms with Crippen molar-refractivity contribution in [2.24, 2.45) is 0 Å². The maximum Gasteiger partial charge on any atom is 0.0705 e. The van der Waals surface area contributed by atoms with Crippen LogP contribution in [0.3, 0.4) is 0 Å². The fraction of sp³-hybridized carbons (Fsp3) is 0.118. The van der Waals surface area contributed by atoms with Crippen LogP contribution in [0.15, 0.2) is 59.1 Å². The number of pyridine rings is 1. The molecule has 0 bridgehead atoms. The summed E-state index contributed by atoms with van der Waals surface area (Å²) in [5, 5.41) is 1.89. The number of hydrogen-bond donors (Lipinski definition) is 0. The molecule has 21 heavy (non-hydrogen) atoms. The van der Waals surface area contributed by atoms with Gasteiger partial charge in [-0.1, -0.05) is 57.9 Å². The lowest BCUT2D eigenvalue weighted by Gasteiger charge is -2.11. The highest BCUT2D eigenvalue weighted by atomic mass is 79.9. The average molecular weight is 426 g/mol. The molecule has 3 rings (SSSR count). The summed E-state index contributed by atoms with van der Waals surface area (Å²) >= 11 is 13.3. The summed E-state index contributed by atoms with van der Waals surface area (Å²) in [7, 11) is 0. The standard InChI is InChI=1S/C17H12Br2ClN/c18-14-8-6-12(9-16(14)20)15(19)10-13-7-5-11-3-1-2-4-17(11)21-13/h1-9,15H,10H2. The van der Waals surface area contributed by atoms with E-state index in [9.17, 15) is 0 Å². The molecule has 4 heteroatoms. The second kappa shape index (κ2) is 6.47. The number of para-hydroxylation sites is 1. The summed E-state index contributed by atoms with van der Waals surface area (Å²) in [6.07, 6.45) is 0.822. The van der Waals surface area contributed by atoms with Crippen molar-refractivity contribution in [2.75, 3.05) is 0 Å². The molecule has 0 aliphatic rings. The smallest absolute Gasteiger partial charge is 0.0705 e. The molecule has 0 saturated carbocycles. The zero-order chi connectivity index (χ0) is 14.8. The number of hydrogen-bond acceptors (Lipinski definition) is 1. The lowest BCUT2D eigenvalue weighted by molar-refractivity contribution is 0.913. The largest absolute Gasteiger partial charge is 0.253 e. The highest BCUT2D eigenvalue weighted by molar-refractivity contribution is 9.10. The Morgan fingerprint density at radius 3 is 2.67 bits per heavy atom. The monoisotopic (exact) mass is 423 g/mol. The Kier molecular flexibility index (Phi) is 4.63. The van der Waals surface area contributed by atoms with E-state index >= 15 is 0 Å². The van der Waals surface area contributed by atoms with Gasteiger partial charge >= 0.3 is 0 Å². The van der Waals surface area contributed by atoms with E-state index in [0.717, 1.165) is 32.7 Å². The van der Waals surface area contributed by atoms with Crippen LogP contribution < -0.4 is 0 Å². The number of alkyl halides is 1. The van der Waals surface area contributed by atoms with E-state index in [4.69, 9.17) is 16.6 Å². The minimum Gasteiger partial charge on any atom is -0.253 e. The molecule has 0 fully saturated rings. The fourth-order valence-electron chi connectivity index (χ4n) is 2.23. The van der Waals surface area contributed by atoms with Gasteiger partial charge in [0.1, 0.15) is 0 Å². The summed E-state index contributed by atoms with van der Waals surface area (Å²) in [5.41, 5.74) is 3.25. The van der Waals surface area contributed by atoms with E-state index in [1.54, 1.807) is 0 Å². The minimum atomic E-state index is 0.191. The van der Waals surface area contributed by atoms with E-state index in [1.165, 1.54) is 5.39 Å². The summed E-state index contributed by atoms with van der Waals surface area (Å²) in [6.45, 7) is 0. The predicted molar refractivity (Wildman–Crippen MR) is 96.3 cm³/mol. The average Bonchev–Trinajstić information content (AvgIpc) is 2.50. The van der Waals surface area contributed by atoms with Crippen molar-refractivity contribution in [3.8, 4) is 0 Å². The number of aromatic nitrogens is 1. The molecular weight excluding hydrogens is 413 g/mol. The molecule has 0 spiro atoms. The first kappa shape index (κ1) is 15.0. The Morgan fingerprint density at radius 1 is 1.05 bits per heavy atom. The SMILES string of the molecule is Clc1cc(C(Br)Cc2ccc3ccccc3n2)ccc1Br. The third-order valence-electron chi connectivity index (χ3n) is 3.35. The molecule has 0 N–H and O–H groups in total. The van der Waals surface area contributed by atoms with Gasteiger partial charge in [-0.05, 0) is 45.8 Å². The van der Waals surface area contributed by atoms with E-state index < -0.39 is 0 Å². The Balaban J connectivity index is 1.85. The van der Waals surface area contributed by atoms with Crippen molar-refractivity contribution in [3.05, 3.63) is 75.4 Å². The molecule has 1 heterocycles. The van der Waals surface area contributed by atoms with Crippen LogP contribution in [0.2, 0.25) is 5.02 Å². The van der Waals surface area contributed by atoms with Gasteiger partial charge in [0.05, 0.1) is 10.5 Å². The molecule has 1 atom stereocenters. The number of fused-ring (bicyclic) bond motifs is 1. The zero-order valence-electron chi connectivity index (χ0n) is 11.1. The summed E-state index contributed by atoms with van der Waals surface area (Å²) in [6, 6.07) is 18.4. The highest BCUT2D eigenvalue weighted by Gasteiger charge is 2.11. The van der Waals surface area contributed by atoms with Crippen LogP contribution >= 0.6 is 43.5 Å². The quantitative estimate of drug-likeness (QED) is 0.447. The highest BCUT2D eigenvalue weighted by Crippen LogP contribution is 2.32. The third-order valence-corrected chi connectivity index (χ3v) is 5.43. The number of nitrogens with zero attached hydrogens (tertiary/aromatic N) is 1. The van der Waals surface area contributed by atoms with Crippen molar-refractivity contribution >= 4 is 54.4 Å². The number of halogens is 3. The van der Waals surface area contributed by atoms with E-state index in [-0.39, 0.29) is 4.83 Å². The van der Waals surface area contributed by atoms with Gasteiger partial charge in [0.15, 0.2) is 0 Å². The van der Waals surface area contributed by atoms with E-state index in [1.807, 2.05) is 30.3 Å². The van der Waals surface area contributed by atoms with Crippen molar-refractivity contribution in [2.45, 2.75) is 11.2 Å². The van der Waals surface area contributed by atoms with Crippen LogP contribution in [-0.2, 0) is 6.42 Å². The second-order valence-electron chi connectivity index (χ2n) is 4.84. The van der Waals surface area contributed by atoms with Crippen molar-refractivity contribution in [1.82, 2.24) is 4.98 Å². The summed E-state index contributed by atoms with van der Waals surface area (Å²) < 4.78 is 0.913.